The van der Waals surface area contributed by atoms with Crippen molar-refractivity contribution in [1.29, 1.82) is 0 Å². The van der Waals surface area contributed by atoms with Crippen LogP contribution in [0.2, 0.25) is 5.02 Å². The smallest absolute Gasteiger partial charge is 0.269 e. The zero-order chi connectivity index (χ0) is 19.8. The quantitative estimate of drug-likeness (QED) is 0.631. The van der Waals surface area contributed by atoms with Crippen molar-refractivity contribution in [2.45, 2.75) is 12.8 Å². The molecule has 0 spiro atoms. The summed E-state index contributed by atoms with van der Waals surface area (Å²) in [6.45, 7) is 1.37. The van der Waals surface area contributed by atoms with Crippen molar-refractivity contribution in [1.82, 2.24) is 15.3 Å². The fraction of sp³-hybridized carbons (Fsp3) is 0.227. The Morgan fingerprint density at radius 3 is 2.64 bits per heavy atom. The number of carbonyl (C=O) groups excluding carboxylic acids is 1. The minimum atomic E-state index is -0.175. The molecule has 2 aromatic heterocycles. The Hall–Kier alpha value is -2.92. The zero-order valence-corrected chi connectivity index (χ0v) is 16.6. The van der Waals surface area contributed by atoms with Gasteiger partial charge in [0.1, 0.15) is 5.69 Å². The molecule has 0 aliphatic rings. The van der Waals surface area contributed by atoms with Crippen LogP contribution in [-0.4, -0.2) is 36.0 Å². The van der Waals surface area contributed by atoms with Gasteiger partial charge in [0, 0.05) is 49.4 Å². The van der Waals surface area contributed by atoms with Gasteiger partial charge in [0.15, 0.2) is 0 Å². The van der Waals surface area contributed by atoms with Gasteiger partial charge in [-0.15, -0.1) is 0 Å². The number of nitrogens with zero attached hydrogens (tertiary/aromatic N) is 3. The van der Waals surface area contributed by atoms with E-state index in [0.29, 0.717) is 17.3 Å². The first kappa shape index (κ1) is 19.8. The first-order valence-electron chi connectivity index (χ1n) is 9.20. The number of amides is 1. The molecule has 28 heavy (non-hydrogen) atoms. The highest BCUT2D eigenvalue weighted by Gasteiger charge is 2.10. The van der Waals surface area contributed by atoms with Gasteiger partial charge in [-0.1, -0.05) is 23.7 Å². The maximum absolute atomic E-state index is 12.4. The topological polar surface area (TPSA) is 58.1 Å². The summed E-state index contributed by atoms with van der Waals surface area (Å²) in [6.07, 6.45) is 6.89. The summed E-state index contributed by atoms with van der Waals surface area (Å²) >= 11 is 5.99. The van der Waals surface area contributed by atoms with Crippen LogP contribution in [0.5, 0.6) is 0 Å². The van der Waals surface area contributed by atoms with Crippen LogP contribution in [0.3, 0.4) is 0 Å². The Kier molecular flexibility index (Phi) is 6.98. The largest absolute Gasteiger partial charge is 0.374 e. The second-order valence-corrected chi connectivity index (χ2v) is 7.00. The van der Waals surface area contributed by atoms with Crippen LogP contribution in [0.15, 0.2) is 67.1 Å². The summed E-state index contributed by atoms with van der Waals surface area (Å²) in [5, 5.41) is 3.62. The van der Waals surface area contributed by atoms with Gasteiger partial charge < -0.3 is 10.2 Å². The van der Waals surface area contributed by atoms with E-state index in [4.69, 9.17) is 11.6 Å². The first-order valence-corrected chi connectivity index (χ1v) is 9.58. The van der Waals surface area contributed by atoms with Gasteiger partial charge in [0.05, 0.1) is 0 Å². The molecule has 0 bridgehead atoms. The second kappa shape index (κ2) is 9.85. The molecule has 0 saturated carbocycles. The van der Waals surface area contributed by atoms with E-state index in [9.17, 15) is 4.79 Å². The number of anilines is 1. The molecule has 0 saturated heterocycles. The van der Waals surface area contributed by atoms with Crippen LogP contribution in [0.25, 0.3) is 0 Å². The van der Waals surface area contributed by atoms with Crippen molar-refractivity contribution in [3.05, 3.63) is 89.0 Å². The van der Waals surface area contributed by atoms with E-state index in [2.05, 4.69) is 20.2 Å². The summed E-state index contributed by atoms with van der Waals surface area (Å²) in [5.41, 5.74) is 3.70. The van der Waals surface area contributed by atoms with Crippen LogP contribution in [0.1, 0.15) is 21.6 Å². The Morgan fingerprint density at radius 1 is 1.04 bits per heavy atom. The lowest BCUT2D eigenvalue weighted by atomic mass is 10.1. The van der Waals surface area contributed by atoms with Crippen molar-refractivity contribution < 1.29 is 4.79 Å². The van der Waals surface area contributed by atoms with Crippen LogP contribution in [0.4, 0.5) is 5.69 Å². The number of nitrogens with one attached hydrogen (secondary N) is 1. The number of likely N-dealkylation sites (N-methyl/N-ethyl adjacent to an activating group) is 1. The van der Waals surface area contributed by atoms with E-state index in [1.54, 1.807) is 18.6 Å². The lowest BCUT2D eigenvalue weighted by Crippen LogP contribution is -2.27. The summed E-state index contributed by atoms with van der Waals surface area (Å²) in [4.78, 5) is 22.8. The molecular weight excluding hydrogens is 372 g/mol. The number of aromatic nitrogens is 2. The van der Waals surface area contributed by atoms with Crippen LogP contribution in [-0.2, 0) is 12.8 Å². The summed E-state index contributed by atoms with van der Waals surface area (Å²) in [7, 11) is 2.01. The Balaban J connectivity index is 1.53. The minimum Gasteiger partial charge on any atom is -0.374 e. The number of pyridine rings is 2. The number of halogens is 1. The number of rotatable bonds is 8. The SMILES string of the molecule is CN(CCc1ccncc1)c1ccnc(C(=O)NCCc2cccc(Cl)c2)c1. The molecule has 5 nitrogen and oxygen atoms in total. The highest BCUT2D eigenvalue weighted by Crippen LogP contribution is 2.14. The molecular formula is C22H23ClN4O. The maximum atomic E-state index is 12.4. The van der Waals surface area contributed by atoms with Crippen LogP contribution < -0.4 is 10.2 Å². The van der Waals surface area contributed by atoms with Gasteiger partial charge in [0.25, 0.3) is 5.91 Å². The molecule has 6 heteroatoms. The van der Waals surface area contributed by atoms with E-state index in [-0.39, 0.29) is 5.91 Å². The van der Waals surface area contributed by atoms with Gasteiger partial charge in [-0.3, -0.25) is 14.8 Å². The lowest BCUT2D eigenvalue weighted by molar-refractivity contribution is 0.0949. The fourth-order valence-electron chi connectivity index (χ4n) is 2.86. The molecule has 2 heterocycles. The molecule has 144 valence electrons. The number of carbonyl (C=O) groups is 1. The standard InChI is InChI=1S/C22H23ClN4O/c1-27(14-9-17-5-10-24-11-6-17)20-8-13-25-21(16-20)22(28)26-12-7-18-3-2-4-19(23)15-18/h2-6,8,10-11,13,15-16H,7,9,12,14H2,1H3,(H,26,28). The zero-order valence-electron chi connectivity index (χ0n) is 15.8. The van der Waals surface area contributed by atoms with Crippen molar-refractivity contribution in [3.63, 3.8) is 0 Å². The van der Waals surface area contributed by atoms with Gasteiger partial charge in [0.2, 0.25) is 0 Å². The Morgan fingerprint density at radius 2 is 1.86 bits per heavy atom. The molecule has 0 atom stereocenters. The summed E-state index contributed by atoms with van der Waals surface area (Å²) in [6, 6.07) is 15.4. The lowest BCUT2D eigenvalue weighted by Gasteiger charge is -2.19. The van der Waals surface area contributed by atoms with Crippen LogP contribution in [0, 0.1) is 0 Å². The van der Waals surface area contributed by atoms with E-state index in [1.165, 1.54) is 5.56 Å². The molecule has 0 unspecified atom stereocenters. The highest BCUT2D eigenvalue weighted by molar-refractivity contribution is 6.30. The molecule has 0 fully saturated rings. The second-order valence-electron chi connectivity index (χ2n) is 6.56. The summed E-state index contributed by atoms with van der Waals surface area (Å²) < 4.78 is 0. The van der Waals surface area contributed by atoms with Crippen LogP contribution >= 0.6 is 11.6 Å². The van der Waals surface area contributed by atoms with Gasteiger partial charge in [-0.25, -0.2) is 0 Å². The molecule has 1 aromatic carbocycles. The average molecular weight is 395 g/mol. The van der Waals surface area contributed by atoms with Gasteiger partial charge in [-0.2, -0.15) is 0 Å². The molecule has 3 rings (SSSR count). The monoisotopic (exact) mass is 394 g/mol. The van der Waals surface area contributed by atoms with Crippen molar-refractivity contribution in [2.24, 2.45) is 0 Å². The van der Waals surface area contributed by atoms with E-state index < -0.39 is 0 Å². The molecule has 0 radical (unpaired) electrons. The molecule has 1 N–H and O–H groups in total. The highest BCUT2D eigenvalue weighted by atomic mass is 35.5. The number of benzene rings is 1. The normalized spacial score (nSPS) is 10.5. The van der Waals surface area contributed by atoms with E-state index >= 15 is 0 Å². The summed E-state index contributed by atoms with van der Waals surface area (Å²) in [5.74, 6) is -0.175. The van der Waals surface area contributed by atoms with Gasteiger partial charge >= 0.3 is 0 Å². The fourth-order valence-corrected chi connectivity index (χ4v) is 3.07. The third-order valence-electron chi connectivity index (χ3n) is 4.49. The number of hydrogen-bond donors (Lipinski definition) is 1. The first-order chi connectivity index (χ1) is 13.6. The molecule has 0 aliphatic heterocycles. The molecule has 3 aromatic rings. The molecule has 0 aliphatic carbocycles. The predicted octanol–water partition coefficient (Wildman–Crippen LogP) is 3.78. The van der Waals surface area contributed by atoms with E-state index in [0.717, 1.165) is 30.6 Å². The Bertz CT molecular complexity index is 917. The average Bonchev–Trinajstić information content (AvgIpc) is 2.73. The number of hydrogen-bond acceptors (Lipinski definition) is 4. The third kappa shape index (κ3) is 5.79. The Labute approximate surface area is 170 Å². The minimum absolute atomic E-state index is 0.175. The third-order valence-corrected chi connectivity index (χ3v) is 4.73. The maximum Gasteiger partial charge on any atom is 0.269 e. The van der Waals surface area contributed by atoms with Crippen molar-refractivity contribution in [2.75, 3.05) is 25.0 Å². The van der Waals surface area contributed by atoms with Crippen molar-refractivity contribution in [3.8, 4) is 0 Å². The van der Waals surface area contributed by atoms with E-state index in [1.807, 2.05) is 55.6 Å². The predicted molar refractivity (Wildman–Crippen MR) is 113 cm³/mol. The van der Waals surface area contributed by atoms with Gasteiger partial charge in [-0.05, 0) is 60.4 Å². The molecule has 1 amide bonds. The van der Waals surface area contributed by atoms with Crippen molar-refractivity contribution >= 4 is 23.2 Å².